The molecule has 0 heterocycles. The van der Waals surface area contributed by atoms with Crippen LogP contribution in [-0.4, -0.2) is 0 Å². The smallest absolute Gasteiger partial charge is 0.0262 e. The lowest BCUT2D eigenvalue weighted by molar-refractivity contribution is 0.552. The largest absolute Gasteiger partial charge is 0.0883 e. The summed E-state index contributed by atoms with van der Waals surface area (Å²) >= 11 is 0. The summed E-state index contributed by atoms with van der Waals surface area (Å²) in [5, 5.41) is 0. The van der Waals surface area contributed by atoms with Gasteiger partial charge in [0.2, 0.25) is 0 Å². The van der Waals surface area contributed by atoms with Crippen LogP contribution < -0.4 is 0 Å². The molecule has 0 fully saturated rings. The summed E-state index contributed by atoms with van der Waals surface area (Å²) in [4.78, 5) is 0. The van der Waals surface area contributed by atoms with Crippen molar-refractivity contribution < 1.29 is 0 Å². The summed E-state index contributed by atoms with van der Waals surface area (Å²) in [6, 6.07) is 0. The van der Waals surface area contributed by atoms with Gasteiger partial charge in [-0.1, -0.05) is 31.9 Å². The zero-order chi connectivity index (χ0) is 6.53. The summed E-state index contributed by atoms with van der Waals surface area (Å²) in [6.45, 7) is 2.31. The summed E-state index contributed by atoms with van der Waals surface area (Å²) in [5.41, 5.74) is 0. The Morgan fingerprint density at radius 2 is 2.11 bits per heavy atom. The van der Waals surface area contributed by atoms with Gasteiger partial charge in [-0.25, -0.2) is 0 Å². The van der Waals surface area contributed by atoms with Gasteiger partial charge in [0.05, 0.1) is 0 Å². The lowest BCUT2D eigenvalue weighted by Crippen LogP contribution is -1.92. The SMILES string of the molecule is C[C@H]1C=CCCCCC1. The van der Waals surface area contributed by atoms with Crippen LogP contribution in [0, 0.1) is 5.92 Å². The Bertz CT molecular complexity index is 92.2. The minimum Gasteiger partial charge on any atom is -0.0883 e. The molecule has 1 atom stereocenters. The Balaban J connectivity index is 2.30. The van der Waals surface area contributed by atoms with E-state index in [1.165, 1.54) is 32.1 Å². The summed E-state index contributed by atoms with van der Waals surface area (Å²) in [5.74, 6) is 0.838. The number of hydrogen-bond acceptors (Lipinski definition) is 0. The molecule has 0 saturated carbocycles. The second kappa shape index (κ2) is 3.71. The first-order valence-electron chi connectivity index (χ1n) is 4.06. The Hall–Kier alpha value is -0.260. The van der Waals surface area contributed by atoms with Gasteiger partial charge in [0.25, 0.3) is 0 Å². The normalized spacial score (nSPS) is 29.2. The van der Waals surface area contributed by atoms with Crippen LogP contribution in [0.25, 0.3) is 0 Å². The van der Waals surface area contributed by atoms with Crippen molar-refractivity contribution in [3.63, 3.8) is 0 Å². The van der Waals surface area contributed by atoms with E-state index in [1.54, 1.807) is 0 Å². The Labute approximate surface area is 58.0 Å². The molecule has 0 radical (unpaired) electrons. The van der Waals surface area contributed by atoms with E-state index in [9.17, 15) is 0 Å². The quantitative estimate of drug-likeness (QED) is 0.435. The van der Waals surface area contributed by atoms with Crippen LogP contribution in [0.1, 0.15) is 39.0 Å². The zero-order valence-corrected chi connectivity index (χ0v) is 6.27. The highest BCUT2D eigenvalue weighted by atomic mass is 14.0. The van der Waals surface area contributed by atoms with Gasteiger partial charge in [-0.05, 0) is 25.2 Å². The van der Waals surface area contributed by atoms with Gasteiger partial charge in [0.15, 0.2) is 0 Å². The van der Waals surface area contributed by atoms with Crippen LogP contribution in [0.4, 0.5) is 0 Å². The van der Waals surface area contributed by atoms with Gasteiger partial charge in [-0.15, -0.1) is 0 Å². The molecule has 52 valence electrons. The van der Waals surface area contributed by atoms with E-state index in [-0.39, 0.29) is 0 Å². The third-order valence-corrected chi connectivity index (χ3v) is 1.99. The Morgan fingerprint density at radius 1 is 1.22 bits per heavy atom. The molecule has 0 N–H and O–H groups in total. The van der Waals surface area contributed by atoms with Crippen molar-refractivity contribution in [2.75, 3.05) is 0 Å². The molecule has 0 aromatic carbocycles. The first kappa shape index (κ1) is 6.85. The van der Waals surface area contributed by atoms with Crippen molar-refractivity contribution in [3.05, 3.63) is 12.2 Å². The molecule has 0 aromatic heterocycles. The highest BCUT2D eigenvalue weighted by Crippen LogP contribution is 2.15. The van der Waals surface area contributed by atoms with Crippen molar-refractivity contribution in [2.45, 2.75) is 39.0 Å². The maximum atomic E-state index is 2.36. The Morgan fingerprint density at radius 3 is 3.00 bits per heavy atom. The minimum atomic E-state index is 0.838. The summed E-state index contributed by atoms with van der Waals surface area (Å²) in [7, 11) is 0. The molecule has 0 nitrogen and oxygen atoms in total. The predicted octanol–water partition coefficient (Wildman–Crippen LogP) is 3.14. The average molecular weight is 124 g/mol. The van der Waals surface area contributed by atoms with Gasteiger partial charge < -0.3 is 0 Å². The molecule has 0 amide bonds. The second-order valence-corrected chi connectivity index (χ2v) is 3.04. The monoisotopic (exact) mass is 124 g/mol. The molecule has 0 aliphatic heterocycles. The fraction of sp³-hybridized carbons (Fsp3) is 0.778. The fourth-order valence-electron chi connectivity index (χ4n) is 1.33. The van der Waals surface area contributed by atoms with Crippen LogP contribution in [0.3, 0.4) is 0 Å². The van der Waals surface area contributed by atoms with E-state index in [4.69, 9.17) is 0 Å². The summed E-state index contributed by atoms with van der Waals surface area (Å²) < 4.78 is 0. The van der Waals surface area contributed by atoms with Gasteiger partial charge in [-0.2, -0.15) is 0 Å². The minimum absolute atomic E-state index is 0.838. The van der Waals surface area contributed by atoms with E-state index in [0.29, 0.717) is 0 Å². The Kier molecular flexibility index (Phi) is 2.82. The molecule has 9 heavy (non-hydrogen) atoms. The number of rotatable bonds is 0. The molecule has 0 unspecified atom stereocenters. The highest BCUT2D eigenvalue weighted by molar-refractivity contribution is 4.87. The van der Waals surface area contributed by atoms with Crippen molar-refractivity contribution in [2.24, 2.45) is 5.92 Å². The van der Waals surface area contributed by atoms with Gasteiger partial charge in [0, 0.05) is 0 Å². The first-order chi connectivity index (χ1) is 4.39. The van der Waals surface area contributed by atoms with Crippen LogP contribution in [0.2, 0.25) is 0 Å². The third kappa shape index (κ3) is 2.69. The first-order valence-corrected chi connectivity index (χ1v) is 4.06. The standard InChI is InChI=1S/C9H16/c1-9-7-5-3-2-4-6-8-9/h5,7,9H,2-4,6,8H2,1H3/t9-/m0/s1. The number of hydrogen-bond donors (Lipinski definition) is 0. The molecule has 1 aliphatic carbocycles. The lowest BCUT2D eigenvalue weighted by Gasteiger charge is -2.08. The van der Waals surface area contributed by atoms with Gasteiger partial charge >= 0.3 is 0 Å². The summed E-state index contributed by atoms with van der Waals surface area (Å²) in [6.07, 6.45) is 11.7. The van der Waals surface area contributed by atoms with Crippen LogP contribution in [-0.2, 0) is 0 Å². The third-order valence-electron chi connectivity index (χ3n) is 1.99. The maximum Gasteiger partial charge on any atom is -0.0262 e. The maximum absolute atomic E-state index is 2.36. The van der Waals surface area contributed by atoms with E-state index in [2.05, 4.69) is 19.1 Å². The van der Waals surface area contributed by atoms with E-state index >= 15 is 0 Å². The highest BCUT2D eigenvalue weighted by Gasteiger charge is 1.98. The van der Waals surface area contributed by atoms with Crippen LogP contribution in [0.15, 0.2) is 12.2 Å². The van der Waals surface area contributed by atoms with E-state index in [0.717, 1.165) is 5.92 Å². The molecular formula is C9H16. The van der Waals surface area contributed by atoms with Crippen molar-refractivity contribution in [1.82, 2.24) is 0 Å². The predicted molar refractivity (Wildman–Crippen MR) is 41.4 cm³/mol. The van der Waals surface area contributed by atoms with Gasteiger partial charge in [-0.3, -0.25) is 0 Å². The second-order valence-electron chi connectivity index (χ2n) is 3.04. The molecular weight excluding hydrogens is 108 g/mol. The van der Waals surface area contributed by atoms with Crippen LogP contribution >= 0.6 is 0 Å². The molecule has 1 rings (SSSR count). The zero-order valence-electron chi connectivity index (χ0n) is 6.27. The van der Waals surface area contributed by atoms with E-state index in [1.807, 2.05) is 0 Å². The molecule has 0 heteroatoms. The molecule has 1 aliphatic rings. The molecule has 0 aromatic rings. The van der Waals surface area contributed by atoms with Crippen molar-refractivity contribution >= 4 is 0 Å². The topological polar surface area (TPSA) is 0 Å². The average Bonchev–Trinajstić information content (AvgIpc) is 1.79. The van der Waals surface area contributed by atoms with Crippen molar-refractivity contribution in [3.8, 4) is 0 Å². The molecule has 0 saturated heterocycles. The fourth-order valence-corrected chi connectivity index (χ4v) is 1.33. The van der Waals surface area contributed by atoms with E-state index < -0.39 is 0 Å². The van der Waals surface area contributed by atoms with Crippen molar-refractivity contribution in [1.29, 1.82) is 0 Å². The molecule has 0 bridgehead atoms. The van der Waals surface area contributed by atoms with Gasteiger partial charge in [0.1, 0.15) is 0 Å². The number of allylic oxidation sites excluding steroid dienone is 2. The lowest BCUT2D eigenvalue weighted by atomic mass is 9.98. The van der Waals surface area contributed by atoms with Crippen LogP contribution in [0.5, 0.6) is 0 Å². The molecule has 0 spiro atoms.